The first-order valence-electron chi connectivity index (χ1n) is 7.67. The molecule has 0 bridgehead atoms. The molecule has 0 aliphatic heterocycles. The van der Waals surface area contributed by atoms with Crippen molar-refractivity contribution in [2.24, 2.45) is 80.3 Å². The second-order valence-electron chi connectivity index (χ2n) is 7.10. The second kappa shape index (κ2) is 6.76. The Morgan fingerprint density at radius 2 is 0.926 bits per heavy atom. The molecule has 16 nitrogen and oxygen atoms in total. The maximum absolute atomic E-state index is 11.9. The van der Waals surface area contributed by atoms with Crippen molar-refractivity contribution in [2.75, 3.05) is 7.11 Å². The highest BCUT2D eigenvalue weighted by atomic mass is 16.5. The smallest absolute Gasteiger partial charge is 0.344 e. The molecule has 27 heavy (non-hydrogen) atoms. The minimum Gasteiger partial charge on any atom is -0.467 e. The molecule has 0 aromatic rings. The third-order valence-corrected chi connectivity index (χ3v) is 5.30. The minimum absolute atomic E-state index is 0.0232. The van der Waals surface area contributed by atoms with Gasteiger partial charge in [-0.05, 0) is 6.42 Å². The molecule has 0 fully saturated rings. The van der Waals surface area contributed by atoms with Crippen LogP contribution in [-0.2, 0) is 9.53 Å². The van der Waals surface area contributed by atoms with E-state index in [0.717, 1.165) is 7.11 Å². The van der Waals surface area contributed by atoms with Crippen molar-refractivity contribution < 1.29 is 9.53 Å². The van der Waals surface area contributed by atoms with Gasteiger partial charge in [-0.15, -0.1) is 0 Å². The van der Waals surface area contributed by atoms with Gasteiger partial charge in [-0.25, -0.2) is 4.79 Å². The van der Waals surface area contributed by atoms with E-state index in [1.165, 1.54) is 6.92 Å². The first-order chi connectivity index (χ1) is 11.5. The van der Waals surface area contributed by atoms with Crippen molar-refractivity contribution in [3.05, 3.63) is 0 Å². The Morgan fingerprint density at radius 1 is 0.630 bits per heavy atom. The highest BCUT2D eigenvalue weighted by Gasteiger charge is 2.72. The molecule has 0 unspecified atom stereocenters. The molecular weight excluding hydrogens is 360 g/mol. The van der Waals surface area contributed by atoms with Crippen molar-refractivity contribution in [2.45, 2.75) is 53.0 Å². The summed E-state index contributed by atoms with van der Waals surface area (Å²) in [6, 6.07) is 0. The fraction of sp³-hybridized carbons (Fsp3) is 0.909. The number of methoxy groups -OCH3 is 1. The van der Waals surface area contributed by atoms with Crippen molar-refractivity contribution in [1.29, 1.82) is 0 Å². The summed E-state index contributed by atoms with van der Waals surface area (Å²) in [5.74, 6) is -1.30. The molecule has 0 atom stereocenters. The third kappa shape index (κ3) is 3.20. The molecule has 0 radical (unpaired) electrons. The predicted octanol–water partition coefficient (Wildman–Crippen LogP) is -9.13. The molecular formula is C11H36N14O2. The van der Waals surface area contributed by atoms with Crippen molar-refractivity contribution in [1.82, 2.24) is 0 Å². The van der Waals surface area contributed by atoms with Crippen LogP contribution in [0, 0.1) is 0 Å². The zero-order valence-corrected chi connectivity index (χ0v) is 15.6. The van der Waals surface area contributed by atoms with Crippen LogP contribution in [0.5, 0.6) is 0 Å². The summed E-state index contributed by atoms with van der Waals surface area (Å²) in [5.41, 5.74) is 64.9. The van der Waals surface area contributed by atoms with Crippen LogP contribution in [0.2, 0.25) is 0 Å². The molecule has 162 valence electrons. The summed E-state index contributed by atoms with van der Waals surface area (Å²) < 4.78 is 4.44. The van der Waals surface area contributed by atoms with E-state index in [1.54, 1.807) is 0 Å². The van der Waals surface area contributed by atoms with Gasteiger partial charge < -0.3 is 85.0 Å². The third-order valence-electron chi connectivity index (χ3n) is 5.30. The first kappa shape index (κ1) is 25.9. The Balaban J connectivity index is 6.60. The molecule has 0 saturated carbocycles. The number of hydrogen-bond acceptors (Lipinski definition) is 16. The maximum atomic E-state index is 11.9. The normalized spacial score (nSPS) is 15.7. The number of carbonyl (C=O) groups is 1. The SMILES string of the molecule is CCC(N)(N)C(N)(N)C(N)(N)C(N)(N)C(N)(N)C(N)(N)C(N)(N)C(=O)OC. The van der Waals surface area contributed by atoms with E-state index in [2.05, 4.69) is 4.74 Å². The van der Waals surface area contributed by atoms with E-state index in [1.807, 2.05) is 0 Å². The Hall–Kier alpha value is -1.09. The lowest BCUT2D eigenvalue weighted by atomic mass is 9.66. The van der Waals surface area contributed by atoms with E-state index in [4.69, 9.17) is 80.3 Å². The van der Waals surface area contributed by atoms with Gasteiger partial charge in [0.15, 0.2) is 5.66 Å². The van der Waals surface area contributed by atoms with Crippen LogP contribution in [0.4, 0.5) is 0 Å². The predicted molar refractivity (Wildman–Crippen MR) is 100 cm³/mol. The fourth-order valence-electron chi connectivity index (χ4n) is 2.38. The Kier molecular flexibility index (Phi) is 6.48. The molecule has 0 aliphatic rings. The summed E-state index contributed by atoms with van der Waals surface area (Å²) in [6.07, 6.45) is -0.0232. The molecule has 0 spiro atoms. The number of ether oxygens (including phenoxy) is 1. The standard InChI is InChI=1S/C11H36N14O2/c1-3-5(12,13)7(16,17)9(20,21)11(24,25)10(22,23)8(18,19)6(14,15)4(26)27-2/h3,12-25H2,1-2H3. The Morgan fingerprint density at radius 3 is 1.22 bits per heavy atom. The minimum atomic E-state index is -2.80. The second-order valence-corrected chi connectivity index (χ2v) is 7.10. The van der Waals surface area contributed by atoms with Gasteiger partial charge in [-0.2, -0.15) is 0 Å². The summed E-state index contributed by atoms with van der Waals surface area (Å²) in [5, 5.41) is 0. The van der Waals surface area contributed by atoms with Gasteiger partial charge in [0.25, 0.3) is 0 Å². The molecule has 0 aromatic heterocycles. The molecule has 28 N–H and O–H groups in total. The van der Waals surface area contributed by atoms with Crippen LogP contribution in [0.15, 0.2) is 0 Å². The zero-order valence-electron chi connectivity index (χ0n) is 15.6. The summed E-state index contributed by atoms with van der Waals surface area (Å²) >= 11 is 0. The van der Waals surface area contributed by atoms with Crippen LogP contribution in [0.1, 0.15) is 13.3 Å². The number of nitrogens with two attached hydrogens (primary N) is 14. The highest BCUT2D eigenvalue weighted by Crippen LogP contribution is 2.32. The Bertz CT molecular complexity index is 567. The van der Waals surface area contributed by atoms with Gasteiger partial charge in [0, 0.05) is 0 Å². The first-order valence-corrected chi connectivity index (χ1v) is 7.67. The molecule has 16 heteroatoms. The topological polar surface area (TPSA) is 391 Å². The number of esters is 1. The lowest BCUT2D eigenvalue weighted by Crippen LogP contribution is -3.07. The monoisotopic (exact) mass is 396 g/mol. The number of hydrogen-bond donors (Lipinski definition) is 14. The van der Waals surface area contributed by atoms with Gasteiger partial charge in [0.05, 0.1) is 12.8 Å². The molecule has 0 amide bonds. The van der Waals surface area contributed by atoms with Gasteiger partial charge >= 0.3 is 5.97 Å². The summed E-state index contributed by atoms with van der Waals surface area (Å²) in [6.45, 7) is 1.54. The maximum Gasteiger partial charge on any atom is 0.344 e. The van der Waals surface area contributed by atoms with Crippen LogP contribution in [0.3, 0.4) is 0 Å². The van der Waals surface area contributed by atoms with Crippen LogP contribution >= 0.6 is 0 Å². The van der Waals surface area contributed by atoms with Gasteiger partial charge in [-0.3, -0.25) is 0 Å². The lowest BCUT2D eigenvalue weighted by molar-refractivity contribution is -0.153. The van der Waals surface area contributed by atoms with E-state index in [0.29, 0.717) is 0 Å². The van der Waals surface area contributed by atoms with Crippen LogP contribution < -0.4 is 80.3 Å². The number of rotatable bonds is 8. The van der Waals surface area contributed by atoms with Gasteiger partial charge in [0.1, 0.15) is 28.3 Å². The molecule has 0 heterocycles. The van der Waals surface area contributed by atoms with Crippen molar-refractivity contribution in [3.63, 3.8) is 0 Å². The van der Waals surface area contributed by atoms with Crippen molar-refractivity contribution >= 4 is 5.97 Å². The summed E-state index contributed by atoms with van der Waals surface area (Å²) in [4.78, 5) is 11.9. The highest BCUT2D eigenvalue weighted by molar-refractivity contribution is 5.82. The van der Waals surface area contributed by atoms with E-state index >= 15 is 0 Å². The quantitative estimate of drug-likeness (QED) is 0.133. The largest absolute Gasteiger partial charge is 0.467 e. The lowest BCUT2D eigenvalue weighted by Gasteiger charge is -2.62. The van der Waals surface area contributed by atoms with Crippen LogP contribution in [-0.4, -0.2) is 52.7 Å². The van der Waals surface area contributed by atoms with Gasteiger partial charge in [0.2, 0.25) is 0 Å². The molecule has 0 aliphatic carbocycles. The Labute approximate surface area is 156 Å². The van der Waals surface area contributed by atoms with E-state index < -0.39 is 45.6 Å². The number of carbonyl (C=O) groups excluding carboxylic acids is 1. The van der Waals surface area contributed by atoms with Crippen molar-refractivity contribution in [3.8, 4) is 0 Å². The fourth-order valence-corrected chi connectivity index (χ4v) is 2.38. The zero-order chi connectivity index (χ0) is 22.5. The average Bonchev–Trinajstić information content (AvgIpc) is 2.52. The molecule has 0 rings (SSSR count). The van der Waals surface area contributed by atoms with E-state index in [9.17, 15) is 4.79 Å². The molecule has 0 saturated heterocycles. The summed E-state index contributed by atoms with van der Waals surface area (Å²) in [7, 11) is 0.957. The van der Waals surface area contributed by atoms with Crippen LogP contribution in [0.25, 0.3) is 0 Å². The molecule has 0 aromatic carbocycles. The van der Waals surface area contributed by atoms with Gasteiger partial charge in [-0.1, -0.05) is 6.92 Å². The average molecular weight is 397 g/mol. The van der Waals surface area contributed by atoms with E-state index in [-0.39, 0.29) is 6.42 Å².